The second-order valence-electron chi connectivity index (χ2n) is 6.58. The number of aromatic nitrogens is 1. The van der Waals surface area contributed by atoms with Crippen LogP contribution in [0.4, 0.5) is 5.82 Å². The molecule has 1 aromatic heterocycles. The Bertz CT molecular complexity index is 745. The van der Waals surface area contributed by atoms with Gasteiger partial charge >= 0.3 is 0 Å². The van der Waals surface area contributed by atoms with Crippen LogP contribution in [-0.2, 0) is 16.1 Å². The molecule has 0 unspecified atom stereocenters. The molecule has 0 bridgehead atoms. The summed E-state index contributed by atoms with van der Waals surface area (Å²) in [5, 5.41) is 3.00. The molecule has 0 spiro atoms. The van der Waals surface area contributed by atoms with Crippen molar-refractivity contribution in [1.82, 2.24) is 10.3 Å². The molecular weight excluding hydrogens is 342 g/mol. The molecule has 3 rings (SSSR count). The van der Waals surface area contributed by atoms with Gasteiger partial charge in [0.15, 0.2) is 0 Å². The summed E-state index contributed by atoms with van der Waals surface area (Å²) in [4.78, 5) is 18.9. The molecule has 27 heavy (non-hydrogen) atoms. The molecular formula is C21H27N3O3. The van der Waals surface area contributed by atoms with Crippen molar-refractivity contribution < 1.29 is 14.3 Å². The number of amides is 1. The second kappa shape index (κ2) is 9.92. The number of anilines is 1. The van der Waals surface area contributed by atoms with Gasteiger partial charge in [0.2, 0.25) is 5.91 Å². The lowest BCUT2D eigenvalue weighted by molar-refractivity contribution is -0.121. The summed E-state index contributed by atoms with van der Waals surface area (Å²) < 4.78 is 11.1. The minimum Gasteiger partial charge on any atom is -0.493 e. The minimum absolute atomic E-state index is 0.0279. The number of para-hydroxylation sites is 1. The summed E-state index contributed by atoms with van der Waals surface area (Å²) in [5.74, 6) is 1.84. The zero-order chi connectivity index (χ0) is 18.9. The fourth-order valence-corrected chi connectivity index (χ4v) is 3.04. The van der Waals surface area contributed by atoms with Crippen molar-refractivity contribution in [3.63, 3.8) is 0 Å². The van der Waals surface area contributed by atoms with Crippen molar-refractivity contribution in [3.05, 3.63) is 53.7 Å². The van der Waals surface area contributed by atoms with Crippen LogP contribution >= 0.6 is 0 Å². The summed E-state index contributed by atoms with van der Waals surface area (Å²) >= 11 is 0. The number of aryl methyl sites for hydroxylation is 1. The Kier molecular flexibility index (Phi) is 7.04. The number of morpholine rings is 1. The van der Waals surface area contributed by atoms with E-state index in [1.54, 1.807) is 6.20 Å². The molecule has 0 atom stereocenters. The molecule has 0 radical (unpaired) electrons. The molecule has 0 aliphatic carbocycles. The number of rotatable bonds is 8. The number of nitrogens with zero attached hydrogens (tertiary/aromatic N) is 2. The van der Waals surface area contributed by atoms with Gasteiger partial charge in [-0.3, -0.25) is 4.79 Å². The van der Waals surface area contributed by atoms with Crippen molar-refractivity contribution in [3.8, 4) is 5.75 Å². The highest BCUT2D eigenvalue weighted by Gasteiger charge is 2.16. The number of pyridine rings is 1. The van der Waals surface area contributed by atoms with E-state index in [4.69, 9.17) is 9.47 Å². The first-order chi connectivity index (χ1) is 13.2. The average molecular weight is 369 g/mol. The van der Waals surface area contributed by atoms with Gasteiger partial charge in [-0.2, -0.15) is 0 Å². The van der Waals surface area contributed by atoms with Crippen LogP contribution in [0.25, 0.3) is 0 Å². The van der Waals surface area contributed by atoms with E-state index in [0.717, 1.165) is 35.8 Å². The van der Waals surface area contributed by atoms with Crippen molar-refractivity contribution in [2.24, 2.45) is 0 Å². The number of nitrogens with one attached hydrogen (secondary N) is 1. The lowest BCUT2D eigenvalue weighted by atomic mass is 10.2. The number of hydrogen-bond donors (Lipinski definition) is 1. The largest absolute Gasteiger partial charge is 0.493 e. The Labute approximate surface area is 160 Å². The third-order valence-corrected chi connectivity index (χ3v) is 4.55. The van der Waals surface area contributed by atoms with Crippen LogP contribution in [0, 0.1) is 6.92 Å². The van der Waals surface area contributed by atoms with E-state index >= 15 is 0 Å². The highest BCUT2D eigenvalue weighted by molar-refractivity contribution is 5.76. The maximum atomic E-state index is 12.2. The molecule has 1 saturated heterocycles. The molecule has 2 heterocycles. The van der Waals surface area contributed by atoms with Gasteiger partial charge < -0.3 is 19.7 Å². The van der Waals surface area contributed by atoms with Crippen LogP contribution in [0.1, 0.15) is 24.0 Å². The Balaban J connectivity index is 1.42. The van der Waals surface area contributed by atoms with Gasteiger partial charge in [-0.15, -0.1) is 0 Å². The average Bonchev–Trinajstić information content (AvgIpc) is 2.72. The van der Waals surface area contributed by atoms with Crippen molar-refractivity contribution in [2.45, 2.75) is 26.3 Å². The van der Waals surface area contributed by atoms with Gasteiger partial charge in [-0.25, -0.2) is 4.98 Å². The lowest BCUT2D eigenvalue weighted by Gasteiger charge is -2.29. The normalized spacial score (nSPS) is 14.0. The maximum Gasteiger partial charge on any atom is 0.220 e. The van der Waals surface area contributed by atoms with Gasteiger partial charge in [0.1, 0.15) is 11.6 Å². The first kappa shape index (κ1) is 19.2. The minimum atomic E-state index is 0.0279. The van der Waals surface area contributed by atoms with Crippen LogP contribution < -0.4 is 15.0 Å². The summed E-state index contributed by atoms with van der Waals surface area (Å²) in [6, 6.07) is 11.8. The highest BCUT2D eigenvalue weighted by atomic mass is 16.5. The third-order valence-electron chi connectivity index (χ3n) is 4.55. The van der Waals surface area contributed by atoms with Gasteiger partial charge in [-0.05, 0) is 31.0 Å². The van der Waals surface area contributed by atoms with Crippen LogP contribution in [0.2, 0.25) is 0 Å². The zero-order valence-corrected chi connectivity index (χ0v) is 15.8. The molecule has 1 N–H and O–H groups in total. The van der Waals surface area contributed by atoms with Crippen LogP contribution in [0.3, 0.4) is 0 Å². The van der Waals surface area contributed by atoms with Gasteiger partial charge in [0.25, 0.3) is 0 Å². The van der Waals surface area contributed by atoms with Crippen LogP contribution in [-0.4, -0.2) is 43.8 Å². The van der Waals surface area contributed by atoms with Gasteiger partial charge in [0.05, 0.1) is 19.8 Å². The van der Waals surface area contributed by atoms with E-state index in [1.807, 2.05) is 43.3 Å². The summed E-state index contributed by atoms with van der Waals surface area (Å²) in [6.45, 7) is 6.11. The topological polar surface area (TPSA) is 63.7 Å². The Morgan fingerprint density at radius 1 is 1.22 bits per heavy atom. The fourth-order valence-electron chi connectivity index (χ4n) is 3.04. The summed E-state index contributed by atoms with van der Waals surface area (Å²) in [5.41, 5.74) is 2.14. The molecule has 1 aliphatic heterocycles. The van der Waals surface area contributed by atoms with Crippen LogP contribution in [0.5, 0.6) is 5.75 Å². The van der Waals surface area contributed by atoms with Gasteiger partial charge in [0, 0.05) is 37.8 Å². The lowest BCUT2D eigenvalue weighted by Crippen LogP contribution is -2.37. The molecule has 144 valence electrons. The molecule has 0 saturated carbocycles. The third kappa shape index (κ3) is 5.69. The van der Waals surface area contributed by atoms with E-state index in [-0.39, 0.29) is 5.91 Å². The second-order valence-corrected chi connectivity index (χ2v) is 6.58. The van der Waals surface area contributed by atoms with E-state index in [0.29, 0.717) is 39.2 Å². The zero-order valence-electron chi connectivity index (χ0n) is 15.8. The number of carbonyl (C=O) groups is 1. The Hall–Kier alpha value is -2.60. The first-order valence-electron chi connectivity index (χ1n) is 9.46. The number of benzene rings is 1. The molecule has 6 nitrogen and oxygen atoms in total. The SMILES string of the molecule is Cc1ccccc1OCCCC(=O)NCc1cccnc1N1CCOCC1. The molecule has 2 aromatic rings. The fraction of sp³-hybridized carbons (Fsp3) is 0.429. The summed E-state index contributed by atoms with van der Waals surface area (Å²) in [7, 11) is 0. The smallest absolute Gasteiger partial charge is 0.220 e. The van der Waals surface area contributed by atoms with Crippen LogP contribution in [0.15, 0.2) is 42.6 Å². The van der Waals surface area contributed by atoms with E-state index < -0.39 is 0 Å². The Morgan fingerprint density at radius 3 is 2.85 bits per heavy atom. The van der Waals surface area contributed by atoms with E-state index in [2.05, 4.69) is 15.2 Å². The van der Waals surface area contributed by atoms with E-state index in [9.17, 15) is 4.79 Å². The highest BCUT2D eigenvalue weighted by Crippen LogP contribution is 2.18. The van der Waals surface area contributed by atoms with Gasteiger partial charge in [-0.1, -0.05) is 24.3 Å². The van der Waals surface area contributed by atoms with Crippen molar-refractivity contribution in [1.29, 1.82) is 0 Å². The predicted molar refractivity (Wildman–Crippen MR) is 105 cm³/mol. The molecule has 6 heteroatoms. The molecule has 1 aromatic carbocycles. The molecule has 1 amide bonds. The van der Waals surface area contributed by atoms with Crippen molar-refractivity contribution >= 4 is 11.7 Å². The van der Waals surface area contributed by atoms with E-state index in [1.165, 1.54) is 0 Å². The number of hydrogen-bond acceptors (Lipinski definition) is 5. The maximum absolute atomic E-state index is 12.2. The number of carbonyl (C=O) groups excluding carboxylic acids is 1. The summed E-state index contributed by atoms with van der Waals surface area (Å²) in [6.07, 6.45) is 2.92. The standard InChI is InChI=1S/C21H27N3O3/c1-17-6-2-3-8-19(17)27-13-5-9-20(25)23-16-18-7-4-10-22-21(18)24-11-14-26-15-12-24/h2-4,6-8,10H,5,9,11-16H2,1H3,(H,23,25). The first-order valence-corrected chi connectivity index (χ1v) is 9.46. The quantitative estimate of drug-likeness (QED) is 0.725. The van der Waals surface area contributed by atoms with Crippen molar-refractivity contribution in [2.75, 3.05) is 37.8 Å². The molecule has 1 fully saturated rings. The number of ether oxygens (including phenoxy) is 2. The predicted octanol–water partition coefficient (Wildman–Crippen LogP) is 2.70. The Morgan fingerprint density at radius 2 is 2.04 bits per heavy atom. The monoisotopic (exact) mass is 369 g/mol. The molecule has 1 aliphatic rings.